The summed E-state index contributed by atoms with van der Waals surface area (Å²) in [7, 11) is 0. The molecule has 1 aliphatic rings. The highest BCUT2D eigenvalue weighted by molar-refractivity contribution is 6.01. The van der Waals surface area contributed by atoms with Gasteiger partial charge in [-0.2, -0.15) is 13.2 Å². The zero-order valence-electron chi connectivity index (χ0n) is 20.8. The molecule has 4 aromatic rings. The molecule has 0 bridgehead atoms. The van der Waals surface area contributed by atoms with Gasteiger partial charge in [-0.1, -0.05) is 66.7 Å². The minimum atomic E-state index is -5.08. The van der Waals surface area contributed by atoms with Crippen LogP contribution in [0.15, 0.2) is 91.0 Å². The van der Waals surface area contributed by atoms with Crippen molar-refractivity contribution in [2.45, 2.75) is 24.6 Å². The van der Waals surface area contributed by atoms with Crippen LogP contribution in [0, 0.1) is 0 Å². The summed E-state index contributed by atoms with van der Waals surface area (Å²) in [6.45, 7) is -0.260. The Hall–Kier alpha value is -4.54. The standard InChI is InChI=1S/C27H22F2N2O2.C2HF3O2/c28-27(29)16-17-31(18-24(27)33-25-15-14-20-10-4-7-13-23(20)30-25)26(32)22-12-6-5-11-21(22)19-8-2-1-3-9-19;3-2(4,5)1(6)7/h1-15,24H,16-18H2;(H,6,7). The van der Waals surface area contributed by atoms with Crippen molar-refractivity contribution in [3.05, 3.63) is 96.6 Å². The second-order valence-electron chi connectivity index (χ2n) is 8.93. The first kappa shape index (κ1) is 28.5. The van der Waals surface area contributed by atoms with E-state index in [0.29, 0.717) is 11.1 Å². The van der Waals surface area contributed by atoms with E-state index >= 15 is 0 Å². The third-order valence-corrected chi connectivity index (χ3v) is 6.18. The molecule has 1 aliphatic heterocycles. The van der Waals surface area contributed by atoms with Gasteiger partial charge in [0, 0.05) is 30.0 Å². The van der Waals surface area contributed by atoms with Gasteiger partial charge in [0.15, 0.2) is 6.10 Å². The third-order valence-electron chi connectivity index (χ3n) is 6.18. The van der Waals surface area contributed by atoms with Gasteiger partial charge in [-0.25, -0.2) is 18.6 Å². The number of aliphatic carboxylic acids is 1. The molecular weight excluding hydrogens is 535 g/mol. The number of piperidine rings is 1. The van der Waals surface area contributed by atoms with E-state index in [1.807, 2.05) is 60.7 Å². The number of carbonyl (C=O) groups is 2. The zero-order valence-corrected chi connectivity index (χ0v) is 20.8. The zero-order chi connectivity index (χ0) is 28.9. The van der Waals surface area contributed by atoms with Crippen molar-refractivity contribution in [1.29, 1.82) is 0 Å². The number of carbonyl (C=O) groups excluding carboxylic acids is 1. The van der Waals surface area contributed by atoms with Crippen LogP contribution >= 0.6 is 0 Å². The summed E-state index contributed by atoms with van der Waals surface area (Å²) >= 11 is 0. The summed E-state index contributed by atoms with van der Waals surface area (Å²) in [5.74, 6) is -5.99. The Bertz CT molecular complexity index is 1490. The van der Waals surface area contributed by atoms with Crippen LogP contribution in [0.1, 0.15) is 16.8 Å². The molecule has 1 unspecified atom stereocenters. The van der Waals surface area contributed by atoms with E-state index in [2.05, 4.69) is 4.98 Å². The third kappa shape index (κ3) is 6.71. The Morgan fingerprint density at radius 1 is 0.900 bits per heavy atom. The Kier molecular flexibility index (Phi) is 8.32. The van der Waals surface area contributed by atoms with Crippen molar-refractivity contribution in [3.63, 3.8) is 0 Å². The maximum absolute atomic E-state index is 14.8. The summed E-state index contributed by atoms with van der Waals surface area (Å²) in [6, 6.07) is 27.6. The van der Waals surface area contributed by atoms with Crippen LogP contribution in [-0.2, 0) is 4.79 Å². The van der Waals surface area contributed by atoms with Gasteiger partial charge in [-0.15, -0.1) is 0 Å². The number of aromatic nitrogens is 1. The minimum Gasteiger partial charge on any atom is -0.475 e. The van der Waals surface area contributed by atoms with Crippen molar-refractivity contribution in [2.75, 3.05) is 13.1 Å². The first-order valence-corrected chi connectivity index (χ1v) is 12.1. The molecule has 6 nitrogen and oxygen atoms in total. The van der Waals surface area contributed by atoms with E-state index in [1.54, 1.807) is 30.3 Å². The van der Waals surface area contributed by atoms with Gasteiger partial charge in [0.25, 0.3) is 11.8 Å². The van der Waals surface area contributed by atoms with Crippen LogP contribution in [0.5, 0.6) is 5.88 Å². The molecule has 3 aromatic carbocycles. The van der Waals surface area contributed by atoms with Gasteiger partial charge >= 0.3 is 12.1 Å². The molecule has 1 N–H and O–H groups in total. The lowest BCUT2D eigenvalue weighted by Gasteiger charge is -2.38. The number of carboxylic acid groups (broad SMARTS) is 1. The van der Waals surface area contributed by atoms with Crippen molar-refractivity contribution in [2.24, 2.45) is 0 Å². The Balaban J connectivity index is 0.000000470. The van der Waals surface area contributed by atoms with Gasteiger partial charge in [-0.05, 0) is 29.3 Å². The number of amides is 1. The SMILES string of the molecule is O=C(O)C(F)(F)F.O=C(c1ccccc1-c1ccccc1)N1CCC(F)(F)C(Oc2ccc3ccccc3n2)C1. The summed E-state index contributed by atoms with van der Waals surface area (Å²) in [4.78, 5) is 28.1. The van der Waals surface area contributed by atoms with Gasteiger partial charge in [0.1, 0.15) is 0 Å². The van der Waals surface area contributed by atoms with Crippen molar-refractivity contribution < 1.29 is 41.4 Å². The topological polar surface area (TPSA) is 79.7 Å². The molecule has 1 amide bonds. The summed E-state index contributed by atoms with van der Waals surface area (Å²) in [5, 5.41) is 8.02. The fourth-order valence-corrected chi connectivity index (χ4v) is 4.15. The van der Waals surface area contributed by atoms with E-state index in [4.69, 9.17) is 14.6 Å². The quantitative estimate of drug-likeness (QED) is 0.291. The Morgan fingerprint density at radius 2 is 1.52 bits per heavy atom. The lowest BCUT2D eigenvalue weighted by molar-refractivity contribution is -0.192. The van der Waals surface area contributed by atoms with E-state index in [0.717, 1.165) is 16.5 Å². The maximum Gasteiger partial charge on any atom is 0.490 e. The van der Waals surface area contributed by atoms with Crippen LogP contribution in [0.4, 0.5) is 22.0 Å². The van der Waals surface area contributed by atoms with Crippen LogP contribution < -0.4 is 4.74 Å². The normalized spacial score (nSPS) is 16.5. The monoisotopic (exact) mass is 558 g/mol. The Morgan fingerprint density at radius 3 is 2.23 bits per heavy atom. The number of alkyl halides is 5. The molecule has 5 rings (SSSR count). The number of likely N-dealkylation sites (tertiary alicyclic amines) is 1. The average molecular weight is 559 g/mol. The van der Waals surface area contributed by atoms with Crippen LogP contribution in [0.3, 0.4) is 0 Å². The molecule has 11 heteroatoms. The molecular formula is C29H23F5N2O4. The van der Waals surface area contributed by atoms with Gasteiger partial charge < -0.3 is 14.7 Å². The number of hydrogen-bond acceptors (Lipinski definition) is 4. The lowest BCUT2D eigenvalue weighted by Crippen LogP contribution is -2.55. The molecule has 0 radical (unpaired) electrons. The largest absolute Gasteiger partial charge is 0.490 e. The molecule has 0 aliphatic carbocycles. The molecule has 1 aromatic heterocycles. The number of benzene rings is 3. The average Bonchev–Trinajstić information content (AvgIpc) is 2.94. The van der Waals surface area contributed by atoms with Crippen LogP contribution in [0.2, 0.25) is 0 Å². The molecule has 40 heavy (non-hydrogen) atoms. The lowest BCUT2D eigenvalue weighted by atomic mass is 9.97. The molecule has 1 atom stereocenters. The summed E-state index contributed by atoms with van der Waals surface area (Å²) in [6.07, 6.45) is -7.03. The van der Waals surface area contributed by atoms with Crippen molar-refractivity contribution >= 4 is 22.8 Å². The van der Waals surface area contributed by atoms with E-state index in [9.17, 15) is 26.7 Å². The highest BCUT2D eigenvalue weighted by Gasteiger charge is 2.47. The summed E-state index contributed by atoms with van der Waals surface area (Å²) < 4.78 is 66.9. The van der Waals surface area contributed by atoms with E-state index < -0.39 is 30.6 Å². The smallest absolute Gasteiger partial charge is 0.475 e. The molecule has 0 spiro atoms. The highest BCUT2D eigenvalue weighted by Crippen LogP contribution is 2.33. The molecule has 1 fully saturated rings. The predicted octanol–water partition coefficient (Wildman–Crippen LogP) is 6.46. The number of pyridine rings is 1. The molecule has 1 saturated heterocycles. The fraction of sp³-hybridized carbons (Fsp3) is 0.207. The molecule has 0 saturated carbocycles. The number of carboxylic acids is 1. The highest BCUT2D eigenvalue weighted by atomic mass is 19.4. The number of fused-ring (bicyclic) bond motifs is 1. The van der Waals surface area contributed by atoms with Crippen molar-refractivity contribution in [1.82, 2.24) is 9.88 Å². The fourth-order valence-electron chi connectivity index (χ4n) is 4.15. The number of ether oxygens (including phenoxy) is 1. The molecule has 208 valence electrons. The van der Waals surface area contributed by atoms with Gasteiger partial charge in [-0.3, -0.25) is 4.79 Å². The number of para-hydroxylation sites is 1. The Labute approximate surface area is 225 Å². The number of nitrogens with zero attached hydrogens (tertiary/aromatic N) is 2. The van der Waals surface area contributed by atoms with Crippen molar-refractivity contribution in [3.8, 4) is 17.0 Å². The predicted molar refractivity (Wildman–Crippen MR) is 137 cm³/mol. The second-order valence-corrected chi connectivity index (χ2v) is 8.93. The number of halogens is 5. The summed E-state index contributed by atoms with van der Waals surface area (Å²) in [5.41, 5.74) is 2.82. The maximum atomic E-state index is 14.8. The number of rotatable bonds is 4. The minimum absolute atomic E-state index is 0.0417. The molecule has 2 heterocycles. The van der Waals surface area contributed by atoms with Gasteiger partial charge in [0.05, 0.1) is 12.1 Å². The van der Waals surface area contributed by atoms with Crippen LogP contribution in [-0.4, -0.2) is 58.2 Å². The first-order valence-electron chi connectivity index (χ1n) is 12.1. The van der Waals surface area contributed by atoms with E-state index in [1.165, 1.54) is 4.90 Å². The number of hydrogen-bond donors (Lipinski definition) is 1. The van der Waals surface area contributed by atoms with E-state index in [-0.39, 0.29) is 24.9 Å². The van der Waals surface area contributed by atoms with Gasteiger partial charge in [0.2, 0.25) is 5.88 Å². The van der Waals surface area contributed by atoms with Crippen LogP contribution in [0.25, 0.3) is 22.0 Å². The second kappa shape index (κ2) is 11.7. The first-order chi connectivity index (χ1) is 19.0.